The van der Waals surface area contributed by atoms with Gasteiger partial charge in [-0.1, -0.05) is 60.7 Å². The molecule has 1 atom stereocenters. The molecule has 2 nitrogen and oxygen atoms in total. The first-order valence-electron chi connectivity index (χ1n) is 7.28. The van der Waals surface area contributed by atoms with Crippen LogP contribution in [0.1, 0.15) is 16.7 Å². The normalized spacial score (nSPS) is 21.7. The molecule has 1 aliphatic rings. The Bertz CT molecular complexity index is 699. The zero-order chi connectivity index (χ0) is 16.5. The van der Waals surface area contributed by atoms with E-state index in [4.69, 9.17) is 0 Å². The second-order valence-electron chi connectivity index (χ2n) is 5.38. The van der Waals surface area contributed by atoms with Crippen molar-refractivity contribution in [3.63, 3.8) is 0 Å². The van der Waals surface area contributed by atoms with Crippen molar-refractivity contribution in [3.05, 3.63) is 83.9 Å². The molecule has 0 aromatic heterocycles. The van der Waals surface area contributed by atoms with Gasteiger partial charge in [-0.05, 0) is 23.1 Å². The maximum Gasteiger partial charge on any atom is 0.539 e. The molecule has 120 valence electrons. The lowest BCUT2D eigenvalue weighted by Crippen LogP contribution is -2.52. The summed E-state index contributed by atoms with van der Waals surface area (Å²) in [4.78, 5) is 4.36. The van der Waals surface area contributed by atoms with Gasteiger partial charge in [0.15, 0.2) is 0 Å². The lowest BCUT2D eigenvalue weighted by Gasteiger charge is -2.45. The second kappa shape index (κ2) is 5.83. The van der Waals surface area contributed by atoms with Crippen LogP contribution in [0.4, 0.5) is 13.2 Å². The molecule has 1 aliphatic heterocycles. The third-order valence-electron chi connectivity index (χ3n) is 4.13. The number of fused-ring (bicyclic) bond motifs is 1. The third kappa shape index (κ3) is 2.78. The molecule has 3 rings (SSSR count). The molecular weight excluding hydrogens is 303 g/mol. The van der Waals surface area contributed by atoms with Crippen molar-refractivity contribution in [2.75, 3.05) is 6.54 Å². The average Bonchev–Trinajstić information content (AvgIpc) is 2.54. The smallest absolute Gasteiger partial charge is 0.199 e. The van der Waals surface area contributed by atoms with Crippen LogP contribution in [0.3, 0.4) is 0 Å². The molecule has 23 heavy (non-hydrogen) atoms. The van der Waals surface area contributed by atoms with Gasteiger partial charge < -0.3 is 0 Å². The first kappa shape index (κ1) is 15.8. The third-order valence-corrected chi connectivity index (χ3v) is 4.13. The second-order valence-corrected chi connectivity index (χ2v) is 5.38. The number of hydroxylamine groups is 2. The highest BCUT2D eigenvalue weighted by Gasteiger charge is 2.47. The summed E-state index contributed by atoms with van der Waals surface area (Å²) in [7, 11) is 0. The molecule has 0 bridgehead atoms. The van der Waals surface area contributed by atoms with Crippen molar-refractivity contribution in [1.82, 2.24) is 5.06 Å². The largest absolute Gasteiger partial charge is 0.539 e. The van der Waals surface area contributed by atoms with Gasteiger partial charge >= 0.3 is 6.36 Å². The highest BCUT2D eigenvalue weighted by molar-refractivity contribution is 5.48. The molecule has 0 spiro atoms. The molecule has 0 fully saturated rings. The van der Waals surface area contributed by atoms with E-state index in [2.05, 4.69) is 11.4 Å². The van der Waals surface area contributed by atoms with Crippen molar-refractivity contribution in [2.24, 2.45) is 0 Å². The van der Waals surface area contributed by atoms with E-state index in [1.54, 1.807) is 24.3 Å². The fourth-order valence-electron chi connectivity index (χ4n) is 3.21. The van der Waals surface area contributed by atoms with E-state index in [9.17, 15) is 13.2 Å². The van der Waals surface area contributed by atoms with Crippen molar-refractivity contribution >= 4 is 0 Å². The first-order valence-corrected chi connectivity index (χ1v) is 7.28. The summed E-state index contributed by atoms with van der Waals surface area (Å²) in [6.45, 7) is 3.95. The van der Waals surface area contributed by atoms with E-state index in [0.717, 1.165) is 16.2 Å². The minimum absolute atomic E-state index is 0.122. The SMILES string of the molecule is C=CC1(c2ccccc2)c2ccccc2CCN1OC(F)(F)F. The molecule has 2 aromatic rings. The fourth-order valence-corrected chi connectivity index (χ4v) is 3.21. The Morgan fingerprint density at radius 2 is 1.70 bits per heavy atom. The quantitative estimate of drug-likeness (QED) is 0.776. The number of nitrogens with zero attached hydrogens (tertiary/aromatic N) is 1. The van der Waals surface area contributed by atoms with Crippen molar-refractivity contribution < 1.29 is 18.0 Å². The summed E-state index contributed by atoms with van der Waals surface area (Å²) in [5.41, 5.74) is 1.27. The summed E-state index contributed by atoms with van der Waals surface area (Å²) in [5, 5.41) is 0.984. The van der Waals surface area contributed by atoms with E-state index in [-0.39, 0.29) is 6.54 Å². The van der Waals surface area contributed by atoms with Crippen LogP contribution in [-0.2, 0) is 16.8 Å². The minimum Gasteiger partial charge on any atom is -0.199 e. The van der Waals surface area contributed by atoms with Gasteiger partial charge in [-0.25, -0.2) is 0 Å². The molecule has 1 unspecified atom stereocenters. The number of halogens is 3. The minimum atomic E-state index is -4.75. The van der Waals surface area contributed by atoms with Gasteiger partial charge in [-0.2, -0.15) is 9.90 Å². The average molecular weight is 319 g/mol. The fraction of sp³-hybridized carbons (Fsp3) is 0.222. The molecule has 5 heteroatoms. The van der Waals surface area contributed by atoms with Crippen LogP contribution in [-0.4, -0.2) is 18.0 Å². The summed E-state index contributed by atoms with van der Waals surface area (Å²) in [6.07, 6.45) is -2.75. The van der Waals surface area contributed by atoms with Crippen LogP contribution in [0.25, 0.3) is 0 Å². The summed E-state index contributed by atoms with van der Waals surface area (Å²) in [5.74, 6) is 0. The lowest BCUT2D eigenvalue weighted by molar-refractivity contribution is -0.429. The Kier molecular flexibility index (Phi) is 4.00. The predicted octanol–water partition coefficient (Wildman–Crippen LogP) is 4.43. The number of alkyl halides is 3. The van der Waals surface area contributed by atoms with Crippen LogP contribution in [0, 0.1) is 0 Å². The maximum atomic E-state index is 12.9. The maximum absolute atomic E-state index is 12.9. The number of rotatable bonds is 3. The van der Waals surface area contributed by atoms with E-state index in [1.165, 1.54) is 6.08 Å². The van der Waals surface area contributed by atoms with E-state index in [1.807, 2.05) is 30.3 Å². The lowest BCUT2D eigenvalue weighted by atomic mass is 9.77. The van der Waals surface area contributed by atoms with Gasteiger partial charge in [-0.15, -0.1) is 19.8 Å². The zero-order valence-corrected chi connectivity index (χ0v) is 12.4. The Morgan fingerprint density at radius 3 is 2.35 bits per heavy atom. The highest BCUT2D eigenvalue weighted by atomic mass is 19.4. The molecule has 0 saturated carbocycles. The van der Waals surface area contributed by atoms with E-state index < -0.39 is 11.9 Å². The van der Waals surface area contributed by atoms with Gasteiger partial charge in [0, 0.05) is 6.54 Å². The van der Waals surface area contributed by atoms with Crippen molar-refractivity contribution in [1.29, 1.82) is 0 Å². The van der Waals surface area contributed by atoms with Crippen LogP contribution < -0.4 is 0 Å². The zero-order valence-electron chi connectivity index (χ0n) is 12.4. The van der Waals surface area contributed by atoms with Crippen LogP contribution in [0.5, 0.6) is 0 Å². The number of benzene rings is 2. The molecular formula is C18H16F3NO. The van der Waals surface area contributed by atoms with Gasteiger partial charge in [0.25, 0.3) is 0 Å². The molecule has 1 heterocycles. The summed E-state index contributed by atoms with van der Waals surface area (Å²) < 4.78 is 38.7. The molecule has 0 saturated heterocycles. The Labute approximate surface area is 132 Å². The standard InChI is InChI=1S/C18H16F3NO/c1-2-17(15-9-4-3-5-10-15)16-11-7-6-8-14(16)12-13-22(17)23-18(19,20)21/h2-11H,1,12-13H2. The van der Waals surface area contributed by atoms with Crippen molar-refractivity contribution in [2.45, 2.75) is 18.3 Å². The summed E-state index contributed by atoms with van der Waals surface area (Å²) >= 11 is 0. The molecule has 0 radical (unpaired) electrons. The van der Waals surface area contributed by atoms with Gasteiger partial charge in [0.2, 0.25) is 0 Å². The van der Waals surface area contributed by atoms with Gasteiger partial charge in [-0.3, -0.25) is 0 Å². The van der Waals surface area contributed by atoms with Crippen molar-refractivity contribution in [3.8, 4) is 0 Å². The monoisotopic (exact) mass is 319 g/mol. The molecule has 2 aromatic carbocycles. The number of hydrogen-bond donors (Lipinski definition) is 0. The molecule has 0 aliphatic carbocycles. The number of hydrogen-bond acceptors (Lipinski definition) is 2. The Balaban J connectivity index is 2.21. The van der Waals surface area contributed by atoms with Gasteiger partial charge in [0.05, 0.1) is 0 Å². The van der Waals surface area contributed by atoms with Gasteiger partial charge in [0.1, 0.15) is 5.54 Å². The first-order chi connectivity index (χ1) is 11.0. The molecule has 0 N–H and O–H groups in total. The Morgan fingerprint density at radius 1 is 1.04 bits per heavy atom. The molecule has 0 amide bonds. The highest BCUT2D eigenvalue weighted by Crippen LogP contribution is 2.43. The topological polar surface area (TPSA) is 12.5 Å². The van der Waals surface area contributed by atoms with Crippen LogP contribution in [0.2, 0.25) is 0 Å². The Hall–Kier alpha value is -2.11. The van der Waals surface area contributed by atoms with Crippen LogP contribution >= 0.6 is 0 Å². The van der Waals surface area contributed by atoms with E-state index >= 15 is 0 Å². The summed E-state index contributed by atoms with van der Waals surface area (Å²) in [6, 6.07) is 16.5. The van der Waals surface area contributed by atoms with Crippen LogP contribution in [0.15, 0.2) is 67.3 Å². The predicted molar refractivity (Wildman–Crippen MR) is 81.4 cm³/mol. The van der Waals surface area contributed by atoms with E-state index in [0.29, 0.717) is 12.0 Å².